The van der Waals surface area contributed by atoms with Crippen molar-refractivity contribution in [3.63, 3.8) is 0 Å². The molecule has 3 rings (SSSR count). The van der Waals surface area contributed by atoms with E-state index >= 15 is 0 Å². The molecule has 3 aromatic rings. The summed E-state index contributed by atoms with van der Waals surface area (Å²) in [6, 6.07) is 14.1. The first-order valence-corrected chi connectivity index (χ1v) is 7.24. The van der Waals surface area contributed by atoms with E-state index < -0.39 is 11.9 Å². The lowest BCUT2D eigenvalue weighted by Crippen LogP contribution is -2.12. The molecule has 0 saturated heterocycles. The maximum absolute atomic E-state index is 12.0. The Labute approximate surface area is 129 Å². The van der Waals surface area contributed by atoms with Gasteiger partial charge in [0.05, 0.1) is 11.8 Å². The van der Waals surface area contributed by atoms with Gasteiger partial charge < -0.3 is 14.8 Å². The minimum absolute atomic E-state index is 0.0590. The van der Waals surface area contributed by atoms with Crippen LogP contribution in [0.3, 0.4) is 0 Å². The van der Waals surface area contributed by atoms with E-state index in [-0.39, 0.29) is 16.3 Å². The minimum atomic E-state index is -1.09. The first kappa shape index (κ1) is 14.1. The lowest BCUT2D eigenvalue weighted by atomic mass is 10.1. The summed E-state index contributed by atoms with van der Waals surface area (Å²) in [5.74, 6) is -1.44. The largest absolute Gasteiger partial charge is 0.478 e. The molecule has 110 valence electrons. The molecular formula is C16H11NO4S. The van der Waals surface area contributed by atoms with Crippen molar-refractivity contribution < 1.29 is 19.1 Å². The van der Waals surface area contributed by atoms with E-state index in [1.807, 2.05) is 30.3 Å². The molecule has 2 N–H and O–H groups in total. The Morgan fingerprint density at radius 1 is 1.09 bits per heavy atom. The Kier molecular flexibility index (Phi) is 3.76. The van der Waals surface area contributed by atoms with Gasteiger partial charge in [-0.05, 0) is 23.8 Å². The molecular weight excluding hydrogens is 302 g/mol. The molecule has 0 unspecified atom stereocenters. The fourth-order valence-electron chi connectivity index (χ4n) is 1.96. The number of carbonyl (C=O) groups excluding carboxylic acids is 1. The van der Waals surface area contributed by atoms with E-state index in [9.17, 15) is 14.7 Å². The van der Waals surface area contributed by atoms with Crippen LogP contribution in [0.5, 0.6) is 0 Å². The van der Waals surface area contributed by atoms with Crippen LogP contribution in [0.1, 0.15) is 20.9 Å². The number of anilines is 1. The molecule has 0 atom stereocenters. The summed E-state index contributed by atoms with van der Waals surface area (Å²) >= 11 is 1.21. The van der Waals surface area contributed by atoms with Crippen LogP contribution in [0.15, 0.2) is 59.2 Å². The fourth-order valence-corrected chi connectivity index (χ4v) is 3.01. The summed E-state index contributed by atoms with van der Waals surface area (Å²) in [5, 5.41) is 12.2. The highest BCUT2D eigenvalue weighted by Crippen LogP contribution is 2.35. The lowest BCUT2D eigenvalue weighted by molar-refractivity contribution is 0.0698. The number of hydrogen-bond acceptors (Lipinski definition) is 4. The second kappa shape index (κ2) is 5.87. The second-order valence-electron chi connectivity index (χ2n) is 4.46. The Morgan fingerprint density at radius 3 is 2.50 bits per heavy atom. The van der Waals surface area contributed by atoms with Gasteiger partial charge in [0.25, 0.3) is 5.91 Å². The highest BCUT2D eigenvalue weighted by atomic mass is 32.1. The van der Waals surface area contributed by atoms with Crippen LogP contribution >= 0.6 is 11.3 Å². The van der Waals surface area contributed by atoms with Gasteiger partial charge in [-0.2, -0.15) is 0 Å². The summed E-state index contributed by atoms with van der Waals surface area (Å²) in [6.45, 7) is 0. The zero-order valence-corrected chi connectivity index (χ0v) is 12.1. The Bertz CT molecular complexity index is 806. The molecule has 1 amide bonds. The van der Waals surface area contributed by atoms with E-state index in [2.05, 4.69) is 5.32 Å². The van der Waals surface area contributed by atoms with E-state index in [0.717, 1.165) is 10.4 Å². The average molecular weight is 313 g/mol. The van der Waals surface area contributed by atoms with E-state index in [1.165, 1.54) is 23.7 Å². The molecule has 22 heavy (non-hydrogen) atoms. The van der Waals surface area contributed by atoms with Gasteiger partial charge in [0.1, 0.15) is 5.00 Å². The second-order valence-corrected chi connectivity index (χ2v) is 5.51. The molecule has 0 aliphatic heterocycles. The summed E-state index contributed by atoms with van der Waals surface area (Å²) < 4.78 is 5.00. The number of benzene rings is 1. The van der Waals surface area contributed by atoms with Crippen molar-refractivity contribution in [1.29, 1.82) is 0 Å². The molecule has 0 spiro atoms. The predicted octanol–water partition coefficient (Wildman–Crippen LogP) is 3.96. The molecule has 0 saturated carbocycles. The molecule has 0 aliphatic carbocycles. The zero-order valence-electron chi connectivity index (χ0n) is 11.3. The molecule has 2 heterocycles. The van der Waals surface area contributed by atoms with Crippen molar-refractivity contribution in [2.45, 2.75) is 0 Å². The summed E-state index contributed by atoms with van der Waals surface area (Å²) in [5.41, 5.74) is 0.956. The Hall–Kier alpha value is -2.86. The molecule has 0 fully saturated rings. The van der Waals surface area contributed by atoms with Crippen molar-refractivity contribution in [2.75, 3.05) is 5.32 Å². The maximum atomic E-state index is 12.0. The molecule has 0 radical (unpaired) electrons. The van der Waals surface area contributed by atoms with Crippen molar-refractivity contribution >= 4 is 28.2 Å². The number of carboxylic acid groups (broad SMARTS) is 1. The fraction of sp³-hybridized carbons (Fsp3) is 0. The number of thiophene rings is 1. The topological polar surface area (TPSA) is 79.5 Å². The van der Waals surface area contributed by atoms with Crippen molar-refractivity contribution in [3.8, 4) is 10.4 Å². The summed E-state index contributed by atoms with van der Waals surface area (Å²) in [6.07, 6.45) is 1.39. The molecule has 6 heteroatoms. The highest BCUT2D eigenvalue weighted by Gasteiger charge is 2.19. The van der Waals surface area contributed by atoms with Gasteiger partial charge in [-0.1, -0.05) is 30.3 Å². The standard InChI is InChI=1S/C16H11NO4S/c18-14(12-7-4-8-21-12)17-15-11(16(19)20)9-13(22-15)10-5-2-1-3-6-10/h1-9H,(H,17,18)(H,19,20). The highest BCUT2D eigenvalue weighted by molar-refractivity contribution is 7.20. The van der Waals surface area contributed by atoms with Crippen LogP contribution in [0.4, 0.5) is 5.00 Å². The van der Waals surface area contributed by atoms with Gasteiger partial charge in [0.2, 0.25) is 0 Å². The maximum Gasteiger partial charge on any atom is 0.338 e. The first-order valence-electron chi connectivity index (χ1n) is 6.42. The van der Waals surface area contributed by atoms with Crippen LogP contribution in [0.2, 0.25) is 0 Å². The third-order valence-corrected chi connectivity index (χ3v) is 4.09. The van der Waals surface area contributed by atoms with Crippen LogP contribution in [0.25, 0.3) is 10.4 Å². The summed E-state index contributed by atoms with van der Waals surface area (Å²) in [4.78, 5) is 24.1. The SMILES string of the molecule is O=C(Nc1sc(-c2ccccc2)cc1C(=O)O)c1ccco1. The molecule has 5 nitrogen and oxygen atoms in total. The summed E-state index contributed by atoms with van der Waals surface area (Å²) in [7, 11) is 0. The number of carboxylic acids is 1. The number of rotatable bonds is 4. The number of nitrogens with one attached hydrogen (secondary N) is 1. The van der Waals surface area contributed by atoms with Gasteiger partial charge in [-0.15, -0.1) is 11.3 Å². The van der Waals surface area contributed by atoms with Gasteiger partial charge in [-0.25, -0.2) is 4.79 Å². The Balaban J connectivity index is 1.95. The minimum Gasteiger partial charge on any atom is -0.478 e. The molecule has 2 aromatic heterocycles. The van der Waals surface area contributed by atoms with Crippen LogP contribution in [-0.4, -0.2) is 17.0 Å². The van der Waals surface area contributed by atoms with E-state index in [4.69, 9.17) is 4.42 Å². The third-order valence-electron chi connectivity index (χ3n) is 2.99. The number of carbonyl (C=O) groups is 2. The monoisotopic (exact) mass is 313 g/mol. The number of aromatic carboxylic acids is 1. The van der Waals surface area contributed by atoms with Crippen LogP contribution in [-0.2, 0) is 0 Å². The van der Waals surface area contributed by atoms with Crippen LogP contribution in [0, 0.1) is 0 Å². The zero-order chi connectivity index (χ0) is 15.5. The first-order chi connectivity index (χ1) is 10.6. The predicted molar refractivity (Wildman–Crippen MR) is 83.4 cm³/mol. The number of amides is 1. The molecule has 0 aliphatic rings. The van der Waals surface area contributed by atoms with Gasteiger partial charge >= 0.3 is 5.97 Å². The van der Waals surface area contributed by atoms with Gasteiger partial charge in [0, 0.05) is 4.88 Å². The van der Waals surface area contributed by atoms with Crippen molar-refractivity contribution in [1.82, 2.24) is 0 Å². The van der Waals surface area contributed by atoms with E-state index in [1.54, 1.807) is 12.1 Å². The van der Waals surface area contributed by atoms with Crippen molar-refractivity contribution in [2.24, 2.45) is 0 Å². The quantitative estimate of drug-likeness (QED) is 0.764. The lowest BCUT2D eigenvalue weighted by Gasteiger charge is -2.01. The smallest absolute Gasteiger partial charge is 0.338 e. The van der Waals surface area contributed by atoms with Crippen molar-refractivity contribution in [3.05, 3.63) is 66.1 Å². The average Bonchev–Trinajstić information content (AvgIpc) is 3.17. The third kappa shape index (κ3) is 2.77. The normalized spacial score (nSPS) is 10.4. The van der Waals surface area contributed by atoms with Crippen LogP contribution < -0.4 is 5.32 Å². The van der Waals surface area contributed by atoms with Gasteiger partial charge in [-0.3, -0.25) is 4.79 Å². The molecule has 1 aromatic carbocycles. The number of hydrogen-bond donors (Lipinski definition) is 2. The number of furan rings is 1. The molecule has 0 bridgehead atoms. The van der Waals surface area contributed by atoms with Gasteiger partial charge in [0.15, 0.2) is 5.76 Å². The van der Waals surface area contributed by atoms with E-state index in [0.29, 0.717) is 0 Å². The Morgan fingerprint density at radius 2 is 1.86 bits per heavy atom.